The molecule has 0 spiro atoms. The minimum Gasteiger partial charge on any atom is -0.497 e. The molecule has 9 heteroatoms. The maximum absolute atomic E-state index is 13.1. The van der Waals surface area contributed by atoms with Crippen molar-refractivity contribution in [3.05, 3.63) is 72.1 Å². The number of carbonyl (C=O) groups is 1. The van der Waals surface area contributed by atoms with Crippen molar-refractivity contribution in [1.29, 1.82) is 0 Å². The molecule has 2 heterocycles. The summed E-state index contributed by atoms with van der Waals surface area (Å²) in [7, 11) is -2.16. The molecule has 4 aromatic rings. The van der Waals surface area contributed by atoms with Crippen LogP contribution in [0.2, 0.25) is 0 Å². The van der Waals surface area contributed by atoms with E-state index in [0.717, 1.165) is 22.0 Å². The van der Waals surface area contributed by atoms with Crippen LogP contribution in [0.25, 0.3) is 22.0 Å². The summed E-state index contributed by atoms with van der Waals surface area (Å²) in [6.07, 6.45) is 1.24. The van der Waals surface area contributed by atoms with E-state index in [4.69, 9.17) is 4.74 Å². The van der Waals surface area contributed by atoms with E-state index in [0.29, 0.717) is 30.3 Å². The van der Waals surface area contributed by atoms with Gasteiger partial charge in [-0.2, -0.15) is 4.31 Å². The van der Waals surface area contributed by atoms with Gasteiger partial charge in [0, 0.05) is 24.0 Å². The van der Waals surface area contributed by atoms with Gasteiger partial charge < -0.3 is 10.1 Å². The van der Waals surface area contributed by atoms with E-state index in [2.05, 4.69) is 28.5 Å². The molecular weight excluding hydrogens is 482 g/mol. The molecule has 0 bridgehead atoms. The van der Waals surface area contributed by atoms with Gasteiger partial charge in [0.15, 0.2) is 5.13 Å². The third-order valence-corrected chi connectivity index (χ3v) is 8.89. The second-order valence-electron chi connectivity index (χ2n) is 8.43. The third kappa shape index (κ3) is 4.80. The molecule has 1 aromatic heterocycles. The highest BCUT2D eigenvalue weighted by atomic mass is 32.2. The van der Waals surface area contributed by atoms with Crippen LogP contribution in [0, 0.1) is 5.92 Å². The van der Waals surface area contributed by atoms with Crippen LogP contribution in [0.1, 0.15) is 12.8 Å². The Labute approximate surface area is 208 Å². The Kier molecular flexibility index (Phi) is 6.55. The molecule has 1 aliphatic rings. The van der Waals surface area contributed by atoms with E-state index in [1.807, 2.05) is 29.6 Å². The van der Waals surface area contributed by atoms with Gasteiger partial charge in [0.05, 0.1) is 23.6 Å². The molecule has 35 heavy (non-hydrogen) atoms. The van der Waals surface area contributed by atoms with Crippen LogP contribution < -0.4 is 10.1 Å². The number of ether oxygens (including phenoxy) is 1. The van der Waals surface area contributed by atoms with E-state index in [-0.39, 0.29) is 17.3 Å². The zero-order chi connectivity index (χ0) is 24.4. The summed E-state index contributed by atoms with van der Waals surface area (Å²) in [5, 5.41) is 7.57. The van der Waals surface area contributed by atoms with E-state index in [1.165, 1.54) is 34.9 Å². The smallest absolute Gasteiger partial charge is 0.243 e. The number of benzene rings is 3. The summed E-state index contributed by atoms with van der Waals surface area (Å²) < 4.78 is 32.8. The second-order valence-corrected chi connectivity index (χ2v) is 11.2. The molecule has 0 radical (unpaired) electrons. The van der Waals surface area contributed by atoms with Crippen molar-refractivity contribution in [1.82, 2.24) is 9.29 Å². The zero-order valence-corrected chi connectivity index (χ0v) is 20.8. The van der Waals surface area contributed by atoms with E-state index in [1.54, 1.807) is 12.1 Å². The highest BCUT2D eigenvalue weighted by Gasteiger charge is 2.33. The number of carbonyl (C=O) groups excluding carboxylic acids is 1. The Morgan fingerprint density at radius 2 is 1.86 bits per heavy atom. The van der Waals surface area contributed by atoms with Crippen molar-refractivity contribution in [2.75, 3.05) is 25.5 Å². The molecule has 3 aromatic carbocycles. The molecule has 0 saturated carbocycles. The Bertz CT molecular complexity index is 1460. The zero-order valence-electron chi connectivity index (χ0n) is 19.2. The minimum atomic E-state index is -3.69. The lowest BCUT2D eigenvalue weighted by atomic mass is 9.99. The van der Waals surface area contributed by atoms with Gasteiger partial charge in [-0.25, -0.2) is 13.4 Å². The molecule has 5 rings (SSSR count). The average molecular weight is 508 g/mol. The third-order valence-electron chi connectivity index (χ3n) is 6.25. The number of nitrogens with zero attached hydrogens (tertiary/aromatic N) is 2. The van der Waals surface area contributed by atoms with Gasteiger partial charge in [0.25, 0.3) is 0 Å². The number of fused-ring (bicyclic) bond motifs is 1. The summed E-state index contributed by atoms with van der Waals surface area (Å²) in [5.41, 5.74) is 1.81. The van der Waals surface area contributed by atoms with Gasteiger partial charge in [0.1, 0.15) is 5.75 Å². The van der Waals surface area contributed by atoms with Gasteiger partial charge in [-0.15, -0.1) is 11.3 Å². The van der Waals surface area contributed by atoms with Crippen molar-refractivity contribution < 1.29 is 17.9 Å². The molecule has 7 nitrogen and oxygen atoms in total. The number of hydrogen-bond acceptors (Lipinski definition) is 6. The number of rotatable bonds is 6. The van der Waals surface area contributed by atoms with Crippen LogP contribution in [-0.4, -0.2) is 43.8 Å². The molecule has 1 saturated heterocycles. The van der Waals surface area contributed by atoms with Crippen molar-refractivity contribution >= 4 is 43.2 Å². The number of methoxy groups -OCH3 is 1. The number of nitrogens with one attached hydrogen (secondary N) is 1. The normalized spacial score (nSPS) is 16.8. The standard InChI is InChI=1S/C26H25N3O4S2/c1-33-20-11-13-21(14-12-20)35(31,32)29-15-5-8-19(16-29)25(30)28-26-27-24(17-34-26)23-10-4-7-18-6-2-3-9-22(18)23/h2-4,6-7,9-14,17,19H,5,8,15-16H2,1H3,(H,27,28,30). The van der Waals surface area contributed by atoms with Gasteiger partial charge in [-0.1, -0.05) is 42.5 Å². The van der Waals surface area contributed by atoms with Gasteiger partial charge in [-0.05, 0) is 47.9 Å². The molecule has 1 amide bonds. The number of thiazole rings is 1. The fourth-order valence-corrected chi connectivity index (χ4v) is 6.62. The van der Waals surface area contributed by atoms with Crippen LogP contribution in [-0.2, 0) is 14.8 Å². The first-order chi connectivity index (χ1) is 17.0. The van der Waals surface area contributed by atoms with Crippen LogP contribution in [0.5, 0.6) is 5.75 Å². The van der Waals surface area contributed by atoms with Crippen LogP contribution in [0.4, 0.5) is 5.13 Å². The SMILES string of the molecule is COc1ccc(S(=O)(=O)N2CCCC(C(=O)Nc3nc(-c4cccc5ccccc45)cs3)C2)cc1. The summed E-state index contributed by atoms with van der Waals surface area (Å²) in [4.78, 5) is 17.9. The van der Waals surface area contributed by atoms with Crippen LogP contribution >= 0.6 is 11.3 Å². The Morgan fingerprint density at radius 3 is 2.66 bits per heavy atom. The Hall–Kier alpha value is -3.27. The summed E-state index contributed by atoms with van der Waals surface area (Å²) in [6, 6.07) is 20.5. The molecule has 1 fully saturated rings. The van der Waals surface area contributed by atoms with Crippen molar-refractivity contribution in [3.8, 4) is 17.0 Å². The molecular formula is C26H25N3O4S2. The highest BCUT2D eigenvalue weighted by molar-refractivity contribution is 7.89. The van der Waals surface area contributed by atoms with Gasteiger partial charge in [0.2, 0.25) is 15.9 Å². The summed E-state index contributed by atoms with van der Waals surface area (Å²) in [5.74, 6) is -0.0636. The highest BCUT2D eigenvalue weighted by Crippen LogP contribution is 2.32. The number of piperidine rings is 1. The van der Waals surface area contributed by atoms with Crippen molar-refractivity contribution in [2.24, 2.45) is 5.92 Å². The second kappa shape index (κ2) is 9.77. The van der Waals surface area contributed by atoms with Crippen molar-refractivity contribution in [2.45, 2.75) is 17.7 Å². The fraction of sp³-hybridized carbons (Fsp3) is 0.231. The first-order valence-electron chi connectivity index (χ1n) is 11.3. The van der Waals surface area contributed by atoms with Crippen LogP contribution in [0.15, 0.2) is 77.0 Å². The molecule has 1 N–H and O–H groups in total. The maximum atomic E-state index is 13.1. The monoisotopic (exact) mass is 507 g/mol. The van der Waals surface area contributed by atoms with Crippen molar-refractivity contribution in [3.63, 3.8) is 0 Å². The van der Waals surface area contributed by atoms with E-state index >= 15 is 0 Å². The summed E-state index contributed by atoms with van der Waals surface area (Å²) in [6.45, 7) is 0.530. The van der Waals surface area contributed by atoms with E-state index < -0.39 is 15.9 Å². The lowest BCUT2D eigenvalue weighted by Crippen LogP contribution is -2.43. The number of anilines is 1. The first-order valence-corrected chi connectivity index (χ1v) is 13.7. The lowest BCUT2D eigenvalue weighted by Gasteiger charge is -2.31. The predicted molar refractivity (Wildman–Crippen MR) is 138 cm³/mol. The number of sulfonamides is 1. The molecule has 1 aliphatic heterocycles. The first kappa shape index (κ1) is 23.5. The summed E-state index contributed by atoms with van der Waals surface area (Å²) >= 11 is 1.37. The van der Waals surface area contributed by atoms with Gasteiger partial charge in [-0.3, -0.25) is 4.79 Å². The fourth-order valence-electron chi connectivity index (χ4n) is 4.38. The van der Waals surface area contributed by atoms with E-state index in [9.17, 15) is 13.2 Å². The largest absolute Gasteiger partial charge is 0.497 e. The Morgan fingerprint density at radius 1 is 1.09 bits per heavy atom. The molecule has 0 aliphatic carbocycles. The number of hydrogen-bond donors (Lipinski definition) is 1. The predicted octanol–water partition coefficient (Wildman–Crippen LogP) is 5.01. The average Bonchev–Trinajstić information content (AvgIpc) is 3.36. The Balaban J connectivity index is 1.29. The van der Waals surface area contributed by atoms with Crippen LogP contribution in [0.3, 0.4) is 0 Å². The number of amides is 1. The topological polar surface area (TPSA) is 88.6 Å². The number of aromatic nitrogens is 1. The minimum absolute atomic E-state index is 0.141. The lowest BCUT2D eigenvalue weighted by molar-refractivity contribution is -0.120. The quantitative estimate of drug-likeness (QED) is 0.396. The van der Waals surface area contributed by atoms with Gasteiger partial charge >= 0.3 is 0 Å². The molecule has 1 atom stereocenters. The maximum Gasteiger partial charge on any atom is 0.243 e. The molecule has 1 unspecified atom stereocenters. The molecule has 180 valence electrons.